The van der Waals surface area contributed by atoms with Crippen LogP contribution in [0.5, 0.6) is 0 Å². The van der Waals surface area contributed by atoms with E-state index in [1.54, 1.807) is 6.33 Å². The molecule has 0 atom stereocenters. The molecule has 0 amide bonds. The molecule has 35 heavy (non-hydrogen) atoms. The van der Waals surface area contributed by atoms with Crippen LogP contribution in [0, 0.1) is 6.92 Å². The molecule has 1 aliphatic heterocycles. The number of aromatic nitrogens is 6. The van der Waals surface area contributed by atoms with Gasteiger partial charge in [0.2, 0.25) is 0 Å². The van der Waals surface area contributed by atoms with Crippen molar-refractivity contribution in [3.05, 3.63) is 71.4 Å². The zero-order chi connectivity index (χ0) is 24.1. The Morgan fingerprint density at radius 3 is 2.69 bits per heavy atom. The summed E-state index contributed by atoms with van der Waals surface area (Å²) in [4.78, 5) is 6.28. The third kappa shape index (κ3) is 4.04. The minimum absolute atomic E-state index is 0.408. The Balaban J connectivity index is 1.29. The average Bonchev–Trinajstić information content (AvgIpc) is 3.57. The summed E-state index contributed by atoms with van der Waals surface area (Å²) in [5, 5.41) is 14.2. The zero-order valence-corrected chi connectivity index (χ0v) is 21.0. The monoisotopic (exact) mass is 467 g/mol. The summed E-state index contributed by atoms with van der Waals surface area (Å²) in [6.45, 7) is 9.86. The maximum atomic E-state index is 4.55. The second-order valence-electron chi connectivity index (χ2n) is 10.4. The molecule has 0 spiro atoms. The molecule has 7 nitrogen and oxygen atoms in total. The van der Waals surface area contributed by atoms with E-state index >= 15 is 0 Å². The first-order valence-electron chi connectivity index (χ1n) is 12.6. The number of hydrogen-bond acceptors (Lipinski definition) is 4. The van der Waals surface area contributed by atoms with Gasteiger partial charge >= 0.3 is 0 Å². The summed E-state index contributed by atoms with van der Waals surface area (Å²) in [5.74, 6) is 1.01. The lowest BCUT2D eigenvalue weighted by Gasteiger charge is -2.31. The number of aryl methyl sites for hydroxylation is 2. The van der Waals surface area contributed by atoms with E-state index in [2.05, 4.69) is 82.5 Å². The van der Waals surface area contributed by atoms with Crippen molar-refractivity contribution in [1.82, 2.24) is 34.3 Å². The molecule has 0 unspecified atom stereocenters. The van der Waals surface area contributed by atoms with Crippen LogP contribution in [0.15, 0.2) is 49.1 Å². The van der Waals surface area contributed by atoms with Crippen LogP contribution in [0.3, 0.4) is 0 Å². The fourth-order valence-corrected chi connectivity index (χ4v) is 5.75. The molecular formula is C28H33N7. The smallest absolute Gasteiger partial charge is 0.163 e. The molecule has 4 aromatic heterocycles. The number of likely N-dealkylation sites (tertiary alicyclic amines) is 1. The molecule has 0 bridgehead atoms. The lowest BCUT2D eigenvalue weighted by atomic mass is 9.87. The van der Waals surface area contributed by atoms with Gasteiger partial charge in [-0.15, -0.1) is 10.2 Å². The van der Waals surface area contributed by atoms with E-state index in [9.17, 15) is 0 Å². The number of nitrogens with one attached hydrogen (secondary N) is 1. The number of hydrogen-bond donors (Lipinski definition) is 1. The topological polar surface area (TPSA) is 67.0 Å². The summed E-state index contributed by atoms with van der Waals surface area (Å²) in [5.41, 5.74) is 9.65. The Morgan fingerprint density at radius 2 is 1.94 bits per heavy atom. The van der Waals surface area contributed by atoms with Crippen molar-refractivity contribution in [3.8, 4) is 11.3 Å². The van der Waals surface area contributed by atoms with Crippen LogP contribution >= 0.6 is 0 Å². The highest BCUT2D eigenvalue weighted by Crippen LogP contribution is 2.38. The van der Waals surface area contributed by atoms with Gasteiger partial charge in [-0.2, -0.15) is 5.10 Å². The molecule has 180 valence electrons. The van der Waals surface area contributed by atoms with E-state index in [1.807, 2.05) is 22.3 Å². The fourth-order valence-electron chi connectivity index (χ4n) is 5.75. The van der Waals surface area contributed by atoms with E-state index in [-0.39, 0.29) is 0 Å². The summed E-state index contributed by atoms with van der Waals surface area (Å²) in [6, 6.07) is 11.4. The van der Waals surface area contributed by atoms with Crippen molar-refractivity contribution < 1.29 is 0 Å². The Bertz CT molecular complexity index is 1490. The maximum absolute atomic E-state index is 4.55. The molecule has 1 aliphatic rings. The normalized spacial score (nSPS) is 15.7. The number of benzene rings is 1. The Hall–Kier alpha value is -3.45. The van der Waals surface area contributed by atoms with Crippen LogP contribution < -0.4 is 0 Å². The van der Waals surface area contributed by atoms with Gasteiger partial charge in [0.05, 0.1) is 11.4 Å². The first kappa shape index (κ1) is 22.0. The van der Waals surface area contributed by atoms with Crippen molar-refractivity contribution in [2.24, 2.45) is 7.05 Å². The molecule has 5 aromatic rings. The van der Waals surface area contributed by atoms with Gasteiger partial charge in [-0.1, -0.05) is 19.9 Å². The van der Waals surface area contributed by atoms with Crippen molar-refractivity contribution in [2.75, 3.05) is 13.1 Å². The molecule has 0 radical (unpaired) electrons. The number of rotatable bonds is 5. The van der Waals surface area contributed by atoms with Crippen LogP contribution in [0.4, 0.5) is 0 Å². The maximum Gasteiger partial charge on any atom is 0.163 e. The van der Waals surface area contributed by atoms with Crippen LogP contribution in [-0.4, -0.2) is 47.4 Å². The SMILES string of the molecule is Cc1cc(-c2[nH]c3ccc(C4CCN(Cc5ccn(C)n5)CC4)cc3c2C(C)C)cn2cnnc12. The third-order valence-electron chi connectivity index (χ3n) is 7.52. The summed E-state index contributed by atoms with van der Waals surface area (Å²) in [6.07, 6.45) is 8.33. The van der Waals surface area contributed by atoms with E-state index in [1.165, 1.54) is 46.1 Å². The van der Waals surface area contributed by atoms with E-state index in [0.717, 1.165) is 36.5 Å². The predicted molar refractivity (Wildman–Crippen MR) is 140 cm³/mol. The Kier molecular flexibility index (Phi) is 5.44. The molecule has 6 rings (SSSR count). The molecule has 1 saturated heterocycles. The standard InChI is InChI=1S/C28H33N7/c1-18(2)26-24-14-21(20-7-11-34(12-8-20)16-23-9-10-33(4)32-23)5-6-25(24)30-27(26)22-13-19(3)28-31-29-17-35(28)15-22/h5-6,9-10,13-15,17-18,20,30H,7-8,11-12,16H2,1-4H3. The lowest BCUT2D eigenvalue weighted by molar-refractivity contribution is 0.202. The van der Waals surface area contributed by atoms with Gasteiger partial charge in [0, 0.05) is 42.5 Å². The lowest BCUT2D eigenvalue weighted by Crippen LogP contribution is -2.32. The summed E-state index contributed by atoms with van der Waals surface area (Å²) < 4.78 is 3.91. The quantitative estimate of drug-likeness (QED) is 0.375. The van der Waals surface area contributed by atoms with Crippen molar-refractivity contribution in [3.63, 3.8) is 0 Å². The van der Waals surface area contributed by atoms with Crippen molar-refractivity contribution in [2.45, 2.75) is 52.0 Å². The minimum Gasteiger partial charge on any atom is -0.354 e. The molecular weight excluding hydrogens is 434 g/mol. The van der Waals surface area contributed by atoms with Crippen LogP contribution in [0.1, 0.15) is 60.9 Å². The van der Waals surface area contributed by atoms with Crippen LogP contribution in [0.25, 0.3) is 27.8 Å². The Labute approximate surface area is 205 Å². The van der Waals surface area contributed by atoms with Gasteiger partial charge in [0.25, 0.3) is 0 Å². The highest BCUT2D eigenvalue weighted by Gasteiger charge is 2.23. The van der Waals surface area contributed by atoms with E-state index < -0.39 is 0 Å². The van der Waals surface area contributed by atoms with E-state index in [0.29, 0.717) is 11.8 Å². The van der Waals surface area contributed by atoms with Gasteiger partial charge in [-0.05, 0) is 85.6 Å². The zero-order valence-electron chi connectivity index (χ0n) is 21.0. The number of pyridine rings is 1. The van der Waals surface area contributed by atoms with E-state index in [4.69, 9.17) is 0 Å². The summed E-state index contributed by atoms with van der Waals surface area (Å²) >= 11 is 0. The second-order valence-corrected chi connectivity index (χ2v) is 10.4. The first-order valence-corrected chi connectivity index (χ1v) is 12.6. The van der Waals surface area contributed by atoms with Crippen LogP contribution in [-0.2, 0) is 13.6 Å². The molecule has 1 N–H and O–H groups in total. The number of nitrogens with zero attached hydrogens (tertiary/aromatic N) is 6. The largest absolute Gasteiger partial charge is 0.354 e. The predicted octanol–water partition coefficient (Wildman–Crippen LogP) is 5.42. The second kappa shape index (κ2) is 8.64. The molecule has 1 aromatic carbocycles. The summed E-state index contributed by atoms with van der Waals surface area (Å²) in [7, 11) is 1.98. The first-order chi connectivity index (χ1) is 17.0. The van der Waals surface area contributed by atoms with Crippen molar-refractivity contribution in [1.29, 1.82) is 0 Å². The van der Waals surface area contributed by atoms with Crippen LogP contribution in [0.2, 0.25) is 0 Å². The Morgan fingerprint density at radius 1 is 1.11 bits per heavy atom. The van der Waals surface area contributed by atoms with Gasteiger partial charge in [0.15, 0.2) is 5.65 Å². The number of H-pyrrole nitrogens is 1. The third-order valence-corrected chi connectivity index (χ3v) is 7.52. The highest BCUT2D eigenvalue weighted by atomic mass is 15.3. The molecule has 5 heterocycles. The minimum atomic E-state index is 0.408. The molecule has 0 aliphatic carbocycles. The average molecular weight is 468 g/mol. The number of aromatic amines is 1. The van der Waals surface area contributed by atoms with Gasteiger partial charge in [0.1, 0.15) is 6.33 Å². The van der Waals surface area contributed by atoms with Gasteiger partial charge in [-0.25, -0.2) is 0 Å². The fraction of sp³-hybridized carbons (Fsp3) is 0.393. The molecule has 0 saturated carbocycles. The molecule has 7 heteroatoms. The van der Waals surface area contributed by atoms with Gasteiger partial charge in [-0.3, -0.25) is 14.0 Å². The highest BCUT2D eigenvalue weighted by molar-refractivity contribution is 5.92. The number of fused-ring (bicyclic) bond motifs is 2. The van der Waals surface area contributed by atoms with Gasteiger partial charge < -0.3 is 4.98 Å². The molecule has 1 fully saturated rings. The number of piperidine rings is 1. The van der Waals surface area contributed by atoms with Crippen molar-refractivity contribution >= 4 is 16.6 Å².